The highest BCUT2D eigenvalue weighted by Crippen LogP contribution is 2.70. The van der Waals surface area contributed by atoms with E-state index in [1.54, 1.807) is 23.0 Å². The Morgan fingerprint density at radius 2 is 1.87 bits per heavy atom. The number of aliphatic carboxylic acids is 1. The number of hydrogen-bond acceptors (Lipinski definition) is 7. The molecule has 0 amide bonds. The van der Waals surface area contributed by atoms with Crippen LogP contribution in [0.4, 0.5) is 17.6 Å². The largest absolute Gasteiger partial charge is 0.490 e. The maximum absolute atomic E-state index is 13.8. The van der Waals surface area contributed by atoms with Gasteiger partial charge < -0.3 is 14.6 Å². The van der Waals surface area contributed by atoms with E-state index in [-0.39, 0.29) is 35.9 Å². The van der Waals surface area contributed by atoms with Gasteiger partial charge in [-0.05, 0) is 104 Å². The van der Waals surface area contributed by atoms with Crippen LogP contribution in [0.25, 0.3) is 11.8 Å². The van der Waals surface area contributed by atoms with Crippen molar-refractivity contribution in [3.63, 3.8) is 0 Å². The third kappa shape index (κ3) is 5.01. The van der Waals surface area contributed by atoms with Gasteiger partial charge in [-0.15, -0.1) is 11.8 Å². The van der Waals surface area contributed by atoms with E-state index in [1.165, 1.54) is 35.7 Å². The van der Waals surface area contributed by atoms with E-state index >= 15 is 0 Å². The molecule has 4 aliphatic rings. The number of carboxylic acids is 1. The van der Waals surface area contributed by atoms with Crippen molar-refractivity contribution in [3.8, 4) is 5.69 Å². The minimum atomic E-state index is -5.20. The van der Waals surface area contributed by atoms with Gasteiger partial charge in [-0.2, -0.15) is 30.0 Å². The fourth-order valence-electron chi connectivity index (χ4n) is 9.70. The van der Waals surface area contributed by atoms with Gasteiger partial charge >= 0.3 is 18.1 Å². The Morgan fingerprint density at radius 3 is 2.50 bits per heavy atom. The lowest BCUT2D eigenvalue weighted by Gasteiger charge is -2.61. The predicted octanol–water partition coefficient (Wildman–Crippen LogP) is 7.03. The second-order valence-corrected chi connectivity index (χ2v) is 15.3. The second-order valence-electron chi connectivity index (χ2n) is 13.6. The number of aromatic nitrogens is 2. The van der Waals surface area contributed by atoms with Crippen LogP contribution in [0.3, 0.4) is 0 Å². The van der Waals surface area contributed by atoms with Crippen molar-refractivity contribution in [1.82, 2.24) is 9.78 Å². The van der Waals surface area contributed by atoms with Crippen LogP contribution in [0.5, 0.6) is 0 Å². The normalized spacial score (nSPS) is 35.0. The van der Waals surface area contributed by atoms with E-state index < -0.39 is 46.6 Å². The molecule has 3 fully saturated rings. The summed E-state index contributed by atoms with van der Waals surface area (Å²) in [4.78, 5) is 25.8. The summed E-state index contributed by atoms with van der Waals surface area (Å²) < 4.78 is 68.5. The SMILES string of the molecule is CSCO[C@]1(C(=O)O)C(CSC)C[C@H]2[C@@H]3CCC4=Cc5c(cnn5-c5ccc(F)cc5)C[C@]4(C)[C@H]3[C@@H](OC(=O)C(F)(F)F)C[C@@]21C. The molecule has 3 saturated carbocycles. The van der Waals surface area contributed by atoms with Gasteiger partial charge in [-0.25, -0.2) is 18.7 Å². The monoisotopic (exact) mass is 682 g/mol. The number of nitrogens with zero attached hydrogens (tertiary/aromatic N) is 2. The molecule has 4 aliphatic carbocycles. The van der Waals surface area contributed by atoms with Gasteiger partial charge in [0.1, 0.15) is 11.9 Å². The van der Waals surface area contributed by atoms with Crippen LogP contribution >= 0.6 is 23.5 Å². The molecule has 1 aromatic heterocycles. The van der Waals surface area contributed by atoms with Crippen molar-refractivity contribution in [2.24, 2.45) is 34.5 Å². The first-order valence-corrected chi connectivity index (χ1v) is 18.2. The summed E-state index contributed by atoms with van der Waals surface area (Å²) in [6.45, 7) is 3.87. The highest BCUT2D eigenvalue weighted by Gasteiger charge is 2.74. The van der Waals surface area contributed by atoms with E-state index in [0.29, 0.717) is 37.1 Å². The van der Waals surface area contributed by atoms with E-state index in [0.717, 1.165) is 16.8 Å². The predicted molar refractivity (Wildman–Crippen MR) is 168 cm³/mol. The van der Waals surface area contributed by atoms with Crippen molar-refractivity contribution in [3.05, 3.63) is 53.1 Å². The molecule has 0 bridgehead atoms. The molecular formula is C33H38F4N2O5S2. The minimum absolute atomic E-state index is 0.0587. The Balaban J connectivity index is 1.46. The molecule has 1 heterocycles. The number of thioether (sulfide) groups is 2. The lowest BCUT2D eigenvalue weighted by molar-refractivity contribution is -0.232. The first-order valence-electron chi connectivity index (χ1n) is 15.4. The van der Waals surface area contributed by atoms with Gasteiger partial charge in [-0.3, -0.25) is 0 Å². The number of esters is 1. The number of benzene rings is 1. The maximum atomic E-state index is 13.8. The Hall–Kier alpha value is -2.51. The summed E-state index contributed by atoms with van der Waals surface area (Å²) >= 11 is 2.88. The van der Waals surface area contributed by atoms with Crippen molar-refractivity contribution in [2.75, 3.05) is 24.2 Å². The topological polar surface area (TPSA) is 90.7 Å². The van der Waals surface area contributed by atoms with Gasteiger partial charge in [0.15, 0.2) is 5.60 Å². The van der Waals surface area contributed by atoms with Crippen molar-refractivity contribution < 1.29 is 41.7 Å². The molecule has 8 atom stereocenters. The van der Waals surface area contributed by atoms with Crippen molar-refractivity contribution in [2.45, 2.75) is 63.8 Å². The summed E-state index contributed by atoms with van der Waals surface area (Å²) in [6.07, 6.45) is 3.32. The summed E-state index contributed by atoms with van der Waals surface area (Å²) in [5, 5.41) is 15.5. The van der Waals surface area contributed by atoms with Gasteiger partial charge in [0, 0.05) is 17.3 Å². The van der Waals surface area contributed by atoms with Gasteiger partial charge in [-0.1, -0.05) is 19.4 Å². The highest BCUT2D eigenvalue weighted by atomic mass is 32.2. The Kier molecular flexibility index (Phi) is 8.62. The zero-order chi connectivity index (χ0) is 33.2. The summed E-state index contributed by atoms with van der Waals surface area (Å²) in [7, 11) is 0. The fourth-order valence-corrected chi connectivity index (χ4v) is 10.8. The average molecular weight is 683 g/mol. The van der Waals surface area contributed by atoms with Crippen LogP contribution < -0.4 is 0 Å². The number of allylic oxidation sites excluding steroid dienone is 1. The van der Waals surface area contributed by atoms with Crippen LogP contribution in [0.15, 0.2) is 36.0 Å². The number of carboxylic acid groups (broad SMARTS) is 1. The van der Waals surface area contributed by atoms with Gasteiger partial charge in [0.2, 0.25) is 0 Å². The molecule has 1 aromatic carbocycles. The molecule has 7 nitrogen and oxygen atoms in total. The Morgan fingerprint density at radius 1 is 1.15 bits per heavy atom. The van der Waals surface area contributed by atoms with Crippen LogP contribution in [-0.4, -0.2) is 68.9 Å². The van der Waals surface area contributed by atoms with Gasteiger partial charge in [0.05, 0.1) is 23.5 Å². The Bertz CT molecular complexity index is 1550. The van der Waals surface area contributed by atoms with Crippen LogP contribution in [0.1, 0.15) is 50.8 Å². The molecule has 6 rings (SSSR count). The van der Waals surface area contributed by atoms with Crippen molar-refractivity contribution >= 4 is 41.5 Å². The molecule has 250 valence electrons. The van der Waals surface area contributed by atoms with E-state index in [2.05, 4.69) is 5.10 Å². The molecular weight excluding hydrogens is 644 g/mol. The number of carbonyl (C=O) groups is 2. The molecule has 13 heteroatoms. The zero-order valence-corrected chi connectivity index (χ0v) is 27.7. The van der Waals surface area contributed by atoms with Crippen LogP contribution in [0.2, 0.25) is 0 Å². The number of hydrogen-bond donors (Lipinski definition) is 1. The first-order chi connectivity index (χ1) is 21.7. The third-order valence-electron chi connectivity index (χ3n) is 11.4. The second kappa shape index (κ2) is 11.9. The molecule has 0 aliphatic heterocycles. The smallest absolute Gasteiger partial charge is 0.479 e. The van der Waals surface area contributed by atoms with E-state index in [9.17, 15) is 32.3 Å². The maximum Gasteiger partial charge on any atom is 0.490 e. The number of carbonyl (C=O) groups excluding carboxylic acids is 1. The molecule has 1 unspecified atom stereocenters. The zero-order valence-electron chi connectivity index (χ0n) is 26.1. The molecule has 0 saturated heterocycles. The number of alkyl halides is 3. The number of halogens is 4. The standard InChI is InChI=1S/C33H38F4N2O5S2/c1-30-13-18-15-38-39(22-8-6-21(34)7-9-22)25(18)12-19(30)5-10-23-24-11-20(16-45-3)32(28(40)41,43-17-46-4)31(24,2)14-26(27(23)30)44-29(42)33(35,36)37/h6-9,12,15,20,23-24,26-27H,5,10-11,13-14,16-17H2,1-4H3,(H,40,41)/t20?,23-,24-,26-,27+,30-,31-,32-/m0/s1. The van der Waals surface area contributed by atoms with E-state index in [4.69, 9.17) is 9.47 Å². The van der Waals surface area contributed by atoms with E-state index in [1.807, 2.05) is 32.4 Å². The average Bonchev–Trinajstić information content (AvgIpc) is 3.50. The lowest BCUT2D eigenvalue weighted by atomic mass is 9.45. The fraction of sp³-hybridized carbons (Fsp3) is 0.606. The number of rotatable bonds is 8. The molecule has 1 N–H and O–H groups in total. The summed E-state index contributed by atoms with van der Waals surface area (Å²) in [6, 6.07) is 6.00. The number of ether oxygens (including phenoxy) is 2. The highest BCUT2D eigenvalue weighted by molar-refractivity contribution is 7.98. The quantitative estimate of drug-likeness (QED) is 0.181. The molecule has 46 heavy (non-hydrogen) atoms. The molecule has 0 spiro atoms. The molecule has 2 aromatic rings. The summed E-state index contributed by atoms with van der Waals surface area (Å²) in [5.74, 6) is -4.35. The first kappa shape index (κ1) is 33.4. The minimum Gasteiger partial charge on any atom is -0.479 e. The van der Waals surface area contributed by atoms with Gasteiger partial charge in [0.25, 0.3) is 0 Å². The van der Waals surface area contributed by atoms with Crippen LogP contribution in [0, 0.1) is 40.3 Å². The Labute approximate surface area is 273 Å². The molecule has 0 radical (unpaired) electrons. The third-order valence-corrected chi connectivity index (χ3v) is 12.5. The number of fused-ring (bicyclic) bond motifs is 6. The van der Waals surface area contributed by atoms with Crippen molar-refractivity contribution in [1.29, 1.82) is 0 Å². The van der Waals surface area contributed by atoms with Crippen LogP contribution in [-0.2, 0) is 25.5 Å². The lowest BCUT2D eigenvalue weighted by Crippen LogP contribution is -2.64. The summed E-state index contributed by atoms with van der Waals surface area (Å²) in [5.41, 5.74) is 0.0290.